The maximum Gasteiger partial charge on any atom is 0.0668 e. The monoisotopic (exact) mass is 323 g/mol. The lowest BCUT2D eigenvalue weighted by Crippen LogP contribution is -2.33. The van der Waals surface area contributed by atoms with E-state index in [1.54, 1.807) is 0 Å². The Morgan fingerprint density at radius 2 is 2.05 bits per heavy atom. The van der Waals surface area contributed by atoms with E-state index in [4.69, 9.17) is 11.6 Å². The Kier molecular flexibility index (Phi) is 6.26. The highest BCUT2D eigenvalue weighted by Gasteiger charge is 2.34. The normalized spacial score (nSPS) is 27.0. The van der Waals surface area contributed by atoms with Crippen LogP contribution in [-0.2, 0) is 16.6 Å². The minimum absolute atomic E-state index is 0.0241. The molecule has 0 amide bonds. The number of rotatable bonds is 5. The summed E-state index contributed by atoms with van der Waals surface area (Å²) in [6, 6.07) is 9.89. The van der Waals surface area contributed by atoms with Crippen molar-refractivity contribution in [1.82, 2.24) is 0 Å². The Hall–Kier alpha value is -0.850. The Labute approximate surface area is 135 Å². The average Bonchev–Trinajstić information content (AvgIpc) is 2.50. The first-order valence-electron chi connectivity index (χ1n) is 7.65. The molecule has 21 heavy (non-hydrogen) atoms. The first-order valence-corrected chi connectivity index (χ1v) is 9.41. The Morgan fingerprint density at radius 3 is 2.67 bits per heavy atom. The summed E-state index contributed by atoms with van der Waals surface area (Å²) in [7, 11) is -0.984. The van der Waals surface area contributed by atoms with E-state index in [9.17, 15) is 9.47 Å². The van der Waals surface area contributed by atoms with Crippen molar-refractivity contribution in [3.8, 4) is 6.07 Å². The third-order valence-corrected chi connectivity index (χ3v) is 6.39. The summed E-state index contributed by atoms with van der Waals surface area (Å²) in [4.78, 5) is 0. The third-order valence-electron chi connectivity index (χ3n) is 4.32. The van der Waals surface area contributed by atoms with Crippen molar-refractivity contribution in [2.24, 2.45) is 11.8 Å². The molecule has 1 fully saturated rings. The van der Waals surface area contributed by atoms with Gasteiger partial charge in [-0.25, -0.2) is 0 Å². The molecule has 2 nitrogen and oxygen atoms in total. The SMILES string of the molecule is CCCC1CCC(C#N)C(S(=O)Cc2ccc(Cl)cc2)C1. The molecule has 0 spiro atoms. The lowest BCUT2D eigenvalue weighted by Gasteiger charge is -2.32. The van der Waals surface area contributed by atoms with Crippen molar-refractivity contribution in [2.45, 2.75) is 50.0 Å². The minimum atomic E-state index is -0.984. The molecule has 0 bridgehead atoms. The van der Waals surface area contributed by atoms with Gasteiger partial charge in [0, 0.05) is 21.6 Å². The van der Waals surface area contributed by atoms with Gasteiger partial charge in [0.2, 0.25) is 0 Å². The standard InChI is InChI=1S/C17H22ClNOS/c1-2-3-13-4-7-15(11-19)17(10-13)21(20)12-14-5-8-16(18)9-6-14/h5-6,8-9,13,15,17H,2-4,7,10,12H2,1H3. The van der Waals surface area contributed by atoms with Crippen molar-refractivity contribution in [3.63, 3.8) is 0 Å². The van der Waals surface area contributed by atoms with Gasteiger partial charge in [-0.3, -0.25) is 4.21 Å². The molecule has 1 aliphatic carbocycles. The fourth-order valence-corrected chi connectivity index (χ4v) is 5.08. The van der Waals surface area contributed by atoms with Crippen LogP contribution < -0.4 is 0 Å². The van der Waals surface area contributed by atoms with Gasteiger partial charge in [0.1, 0.15) is 0 Å². The smallest absolute Gasteiger partial charge is 0.0668 e. The molecule has 1 saturated carbocycles. The zero-order chi connectivity index (χ0) is 15.2. The highest BCUT2D eigenvalue weighted by atomic mass is 35.5. The molecule has 4 heteroatoms. The van der Waals surface area contributed by atoms with Crippen LogP contribution in [-0.4, -0.2) is 9.46 Å². The highest BCUT2D eigenvalue weighted by Crippen LogP contribution is 2.35. The summed E-state index contributed by atoms with van der Waals surface area (Å²) in [6.45, 7) is 2.19. The fraction of sp³-hybridized carbons (Fsp3) is 0.588. The van der Waals surface area contributed by atoms with Crippen LogP contribution in [0, 0.1) is 23.2 Å². The maximum atomic E-state index is 12.7. The predicted molar refractivity (Wildman–Crippen MR) is 88.4 cm³/mol. The summed E-state index contributed by atoms with van der Waals surface area (Å²) < 4.78 is 12.7. The van der Waals surface area contributed by atoms with E-state index >= 15 is 0 Å². The molecule has 0 heterocycles. The van der Waals surface area contributed by atoms with E-state index in [1.807, 2.05) is 24.3 Å². The van der Waals surface area contributed by atoms with Gasteiger partial charge in [-0.05, 0) is 42.9 Å². The fourth-order valence-electron chi connectivity index (χ4n) is 3.17. The van der Waals surface area contributed by atoms with E-state index in [-0.39, 0.29) is 11.2 Å². The molecule has 4 unspecified atom stereocenters. The lowest BCUT2D eigenvalue weighted by molar-refractivity contribution is 0.303. The largest absolute Gasteiger partial charge is 0.259 e. The molecular formula is C17H22ClNOS. The summed E-state index contributed by atoms with van der Waals surface area (Å²) in [5.74, 6) is 1.11. The molecule has 0 aromatic heterocycles. The van der Waals surface area contributed by atoms with Gasteiger partial charge < -0.3 is 0 Å². The topological polar surface area (TPSA) is 40.9 Å². The van der Waals surface area contributed by atoms with E-state index in [2.05, 4.69) is 13.0 Å². The average molecular weight is 324 g/mol. The number of hydrogen-bond acceptors (Lipinski definition) is 2. The van der Waals surface area contributed by atoms with Gasteiger partial charge in [-0.1, -0.05) is 43.5 Å². The van der Waals surface area contributed by atoms with Gasteiger partial charge >= 0.3 is 0 Å². The molecule has 1 aromatic carbocycles. The number of benzene rings is 1. The quantitative estimate of drug-likeness (QED) is 0.788. The summed E-state index contributed by atoms with van der Waals surface area (Å²) >= 11 is 5.88. The molecule has 1 aliphatic rings. The van der Waals surface area contributed by atoms with Crippen LogP contribution in [0.4, 0.5) is 0 Å². The third kappa shape index (κ3) is 4.56. The van der Waals surface area contributed by atoms with Gasteiger partial charge in [-0.2, -0.15) is 5.26 Å². The predicted octanol–water partition coefficient (Wildman–Crippen LogP) is 4.70. The van der Waals surface area contributed by atoms with Crippen molar-refractivity contribution in [1.29, 1.82) is 5.26 Å². The second kappa shape index (κ2) is 7.96. The van der Waals surface area contributed by atoms with Crippen molar-refractivity contribution in [3.05, 3.63) is 34.9 Å². The zero-order valence-electron chi connectivity index (χ0n) is 12.4. The number of nitriles is 1. The van der Waals surface area contributed by atoms with Crippen LogP contribution in [0.2, 0.25) is 5.02 Å². The van der Waals surface area contributed by atoms with E-state index < -0.39 is 10.8 Å². The second-order valence-corrected chi connectivity index (χ2v) is 7.99. The van der Waals surface area contributed by atoms with Gasteiger partial charge in [0.25, 0.3) is 0 Å². The number of halogens is 1. The van der Waals surface area contributed by atoms with Gasteiger partial charge in [0.05, 0.1) is 17.2 Å². The van der Waals surface area contributed by atoms with Crippen molar-refractivity contribution < 1.29 is 4.21 Å². The summed E-state index contributed by atoms with van der Waals surface area (Å²) in [6.07, 6.45) is 5.30. The summed E-state index contributed by atoms with van der Waals surface area (Å²) in [5, 5.41) is 10.0. The maximum absolute atomic E-state index is 12.7. The molecule has 0 radical (unpaired) electrons. The van der Waals surface area contributed by atoms with Crippen LogP contribution in [0.25, 0.3) is 0 Å². The second-order valence-electron chi connectivity index (χ2n) is 5.89. The van der Waals surface area contributed by atoms with E-state index in [0.29, 0.717) is 16.7 Å². The Bertz CT molecular complexity index is 523. The van der Waals surface area contributed by atoms with Crippen LogP contribution in [0.15, 0.2) is 24.3 Å². The Balaban J connectivity index is 2.03. The molecule has 0 N–H and O–H groups in total. The molecule has 0 saturated heterocycles. The highest BCUT2D eigenvalue weighted by molar-refractivity contribution is 7.84. The number of nitrogens with zero attached hydrogens (tertiary/aromatic N) is 1. The van der Waals surface area contributed by atoms with Crippen molar-refractivity contribution >= 4 is 22.4 Å². The Morgan fingerprint density at radius 1 is 1.33 bits per heavy atom. The minimum Gasteiger partial charge on any atom is -0.259 e. The zero-order valence-corrected chi connectivity index (χ0v) is 14.0. The molecule has 114 valence electrons. The van der Waals surface area contributed by atoms with Crippen LogP contribution in [0.3, 0.4) is 0 Å². The molecular weight excluding hydrogens is 302 g/mol. The number of hydrogen-bond donors (Lipinski definition) is 0. The van der Waals surface area contributed by atoms with Crippen LogP contribution in [0.5, 0.6) is 0 Å². The summed E-state index contributed by atoms with van der Waals surface area (Å²) in [5.41, 5.74) is 1.03. The molecule has 0 aliphatic heterocycles. The first kappa shape index (κ1) is 16.5. The first-order chi connectivity index (χ1) is 10.1. The van der Waals surface area contributed by atoms with Crippen molar-refractivity contribution in [2.75, 3.05) is 0 Å². The van der Waals surface area contributed by atoms with Gasteiger partial charge in [-0.15, -0.1) is 0 Å². The molecule has 2 rings (SSSR count). The van der Waals surface area contributed by atoms with Crippen LogP contribution in [0.1, 0.15) is 44.6 Å². The van der Waals surface area contributed by atoms with Gasteiger partial charge in [0.15, 0.2) is 0 Å². The molecule has 4 atom stereocenters. The molecule has 1 aromatic rings. The lowest BCUT2D eigenvalue weighted by atomic mass is 9.80. The van der Waals surface area contributed by atoms with Crippen LogP contribution >= 0.6 is 11.6 Å². The van der Waals surface area contributed by atoms with E-state index in [0.717, 1.165) is 24.8 Å². The van der Waals surface area contributed by atoms with E-state index in [1.165, 1.54) is 12.8 Å².